The minimum atomic E-state index is -2.11. The van der Waals surface area contributed by atoms with Crippen molar-refractivity contribution in [3.63, 3.8) is 0 Å². The number of rotatable bonds is 28. The summed E-state index contributed by atoms with van der Waals surface area (Å²) < 4.78 is 0. The first-order valence-electron chi connectivity index (χ1n) is 19.1. The summed E-state index contributed by atoms with van der Waals surface area (Å²) in [5.74, 6) is -5.40. The third-order valence-corrected chi connectivity index (χ3v) is 9.54. The van der Waals surface area contributed by atoms with Crippen LogP contribution in [0.25, 0.3) is 0 Å². The van der Waals surface area contributed by atoms with E-state index in [4.69, 9.17) is 28.7 Å². The van der Waals surface area contributed by atoms with E-state index in [1.807, 2.05) is 0 Å². The Hall–Kier alpha value is -4.94. The van der Waals surface area contributed by atoms with Crippen molar-refractivity contribution in [1.82, 2.24) is 10.6 Å². The molecule has 0 aromatic heterocycles. The molecule has 292 valence electrons. The molecule has 0 heterocycles. The molecule has 0 bridgehead atoms. The average Bonchev–Trinajstić information content (AvgIpc) is 3.10. The third-order valence-electron chi connectivity index (χ3n) is 9.54. The van der Waals surface area contributed by atoms with Crippen LogP contribution in [0, 0.1) is 5.92 Å². The second kappa shape index (κ2) is 24.3. The lowest BCUT2D eigenvalue weighted by molar-refractivity contribution is -0.141. The van der Waals surface area contributed by atoms with Crippen molar-refractivity contribution in [2.24, 2.45) is 39.6 Å². The van der Waals surface area contributed by atoms with E-state index in [0.29, 0.717) is 23.2 Å². The van der Waals surface area contributed by atoms with E-state index in [0.717, 1.165) is 19.3 Å². The van der Waals surface area contributed by atoms with Gasteiger partial charge < -0.3 is 39.3 Å². The van der Waals surface area contributed by atoms with Crippen molar-refractivity contribution >= 4 is 41.2 Å². The van der Waals surface area contributed by atoms with Gasteiger partial charge in [0.05, 0.1) is 11.6 Å². The molecular formula is C40H62N8O5. The van der Waals surface area contributed by atoms with Crippen LogP contribution < -0.4 is 39.3 Å². The Balaban J connectivity index is 2.21. The minimum absolute atomic E-state index is 0.0192. The number of amides is 5. The first kappa shape index (κ1) is 44.2. The summed E-state index contributed by atoms with van der Waals surface area (Å²) in [4.78, 5) is 69.8. The van der Waals surface area contributed by atoms with Gasteiger partial charge in [0.15, 0.2) is 5.96 Å². The molecule has 0 radical (unpaired) electrons. The smallest absolute Gasteiger partial charge is 0.244 e. The lowest BCUT2D eigenvalue weighted by atomic mass is 9.75. The zero-order chi connectivity index (χ0) is 39.1. The third kappa shape index (κ3) is 17.0. The Morgan fingerprint density at radius 2 is 1.25 bits per heavy atom. The lowest BCUT2D eigenvalue weighted by Crippen LogP contribution is -2.67. The van der Waals surface area contributed by atoms with Gasteiger partial charge in [-0.3, -0.25) is 24.0 Å². The van der Waals surface area contributed by atoms with Crippen LogP contribution in [-0.4, -0.2) is 47.1 Å². The standard InChI is InChI=1S/C40H62N8O5/c1-2-3-4-5-6-7-8-9-10-11-12-13-17-23-35(50)47-33(28-30-21-18-22-31(26-30)46-39(44)45)37(52)48-40(38(43)53,25-24-34(41)49)32(36(42)51)27-29-19-15-14-16-20-29/h14-16,18-22,26,32-33H,2-13,17,23-25,27-28H2,1H3,(H2,41,49)(H2,42,51)(H2,43,53)(H,47,50)(H,48,52)(H4,44,45,46)/t32-,33+,40?/m1/s1. The number of guanidine groups is 1. The summed E-state index contributed by atoms with van der Waals surface area (Å²) in [6.45, 7) is 2.23. The molecule has 0 spiro atoms. The molecule has 53 heavy (non-hydrogen) atoms. The number of nitrogens with two attached hydrogens (primary N) is 5. The minimum Gasteiger partial charge on any atom is -0.370 e. The normalized spacial score (nSPS) is 13.2. The van der Waals surface area contributed by atoms with E-state index >= 15 is 0 Å². The van der Waals surface area contributed by atoms with Gasteiger partial charge in [0, 0.05) is 19.3 Å². The second-order valence-corrected chi connectivity index (χ2v) is 14.0. The molecule has 0 aliphatic carbocycles. The molecule has 0 saturated heterocycles. The Labute approximate surface area is 314 Å². The van der Waals surface area contributed by atoms with E-state index < -0.39 is 41.1 Å². The molecule has 1 unspecified atom stereocenters. The fraction of sp³-hybridized carbons (Fsp3) is 0.550. The first-order valence-corrected chi connectivity index (χ1v) is 19.1. The number of nitrogens with zero attached hydrogens (tertiary/aromatic N) is 1. The summed E-state index contributed by atoms with van der Waals surface area (Å²) in [6, 6.07) is 14.3. The molecule has 3 atom stereocenters. The maximum absolute atomic E-state index is 14.2. The molecule has 12 N–H and O–H groups in total. The Bertz CT molecular complexity index is 1480. The van der Waals surface area contributed by atoms with Crippen LogP contribution in [-0.2, 0) is 36.8 Å². The molecule has 0 aliphatic heterocycles. The van der Waals surface area contributed by atoms with Gasteiger partial charge in [-0.25, -0.2) is 4.99 Å². The van der Waals surface area contributed by atoms with Crippen LogP contribution in [0.3, 0.4) is 0 Å². The van der Waals surface area contributed by atoms with Crippen molar-refractivity contribution < 1.29 is 24.0 Å². The van der Waals surface area contributed by atoms with E-state index in [1.165, 1.54) is 57.8 Å². The summed E-state index contributed by atoms with van der Waals surface area (Å²) >= 11 is 0. The van der Waals surface area contributed by atoms with E-state index in [-0.39, 0.29) is 44.0 Å². The Kier molecular flexibility index (Phi) is 20.3. The van der Waals surface area contributed by atoms with Crippen molar-refractivity contribution in [1.29, 1.82) is 0 Å². The average molecular weight is 735 g/mol. The van der Waals surface area contributed by atoms with Gasteiger partial charge in [0.1, 0.15) is 11.6 Å². The fourth-order valence-corrected chi connectivity index (χ4v) is 6.59. The van der Waals surface area contributed by atoms with Gasteiger partial charge in [0.25, 0.3) is 0 Å². The molecule has 0 aliphatic rings. The van der Waals surface area contributed by atoms with Crippen molar-refractivity contribution in [3.8, 4) is 0 Å². The predicted octanol–water partition coefficient (Wildman–Crippen LogP) is 4.05. The van der Waals surface area contributed by atoms with Gasteiger partial charge in [-0.05, 0) is 42.5 Å². The van der Waals surface area contributed by atoms with Crippen LogP contribution >= 0.6 is 0 Å². The largest absolute Gasteiger partial charge is 0.370 e. The molecule has 2 aromatic rings. The number of aliphatic imine (C=N–C) groups is 1. The first-order chi connectivity index (χ1) is 25.4. The summed E-state index contributed by atoms with van der Waals surface area (Å²) in [5.41, 5.74) is 27.9. The maximum Gasteiger partial charge on any atom is 0.244 e. The Morgan fingerprint density at radius 1 is 0.679 bits per heavy atom. The van der Waals surface area contributed by atoms with E-state index in [1.54, 1.807) is 54.6 Å². The molecule has 5 amide bonds. The molecule has 0 fully saturated rings. The van der Waals surface area contributed by atoms with Gasteiger partial charge in [-0.2, -0.15) is 0 Å². The van der Waals surface area contributed by atoms with Crippen molar-refractivity contribution in [2.45, 2.75) is 134 Å². The SMILES string of the molecule is CCCCCCCCCCCCCCCC(=O)N[C@@H](Cc1cccc(N=C(N)N)c1)C(=O)NC(CCC(N)=O)(C(N)=O)[C@H](Cc1ccccc1)C(N)=O. The van der Waals surface area contributed by atoms with E-state index in [2.05, 4.69) is 22.5 Å². The van der Waals surface area contributed by atoms with Gasteiger partial charge in [0.2, 0.25) is 29.5 Å². The van der Waals surface area contributed by atoms with E-state index in [9.17, 15) is 24.0 Å². The molecule has 2 aromatic carbocycles. The molecular weight excluding hydrogens is 672 g/mol. The molecule has 0 saturated carbocycles. The number of benzene rings is 2. The topological polar surface area (TPSA) is 252 Å². The molecule has 13 heteroatoms. The zero-order valence-corrected chi connectivity index (χ0v) is 31.5. The highest BCUT2D eigenvalue weighted by molar-refractivity contribution is 5.98. The number of unbranched alkanes of at least 4 members (excludes halogenated alkanes) is 12. The highest BCUT2D eigenvalue weighted by Gasteiger charge is 2.49. The Morgan fingerprint density at radius 3 is 1.77 bits per heavy atom. The fourth-order valence-electron chi connectivity index (χ4n) is 6.59. The van der Waals surface area contributed by atoms with Crippen LogP contribution in [0.15, 0.2) is 59.6 Å². The molecule has 2 rings (SSSR count). The van der Waals surface area contributed by atoms with Crippen LogP contribution in [0.1, 0.15) is 121 Å². The maximum atomic E-state index is 14.2. The number of nitrogens with one attached hydrogen (secondary N) is 2. The zero-order valence-electron chi connectivity index (χ0n) is 31.5. The van der Waals surface area contributed by atoms with Gasteiger partial charge in [-0.1, -0.05) is 126 Å². The quantitative estimate of drug-likeness (QED) is 0.0383. The monoisotopic (exact) mass is 734 g/mol. The van der Waals surface area contributed by atoms with Crippen LogP contribution in [0.5, 0.6) is 0 Å². The number of hydrogen-bond donors (Lipinski definition) is 7. The van der Waals surface area contributed by atoms with Crippen molar-refractivity contribution in [3.05, 3.63) is 65.7 Å². The summed E-state index contributed by atoms with van der Waals surface area (Å²) in [5, 5.41) is 5.49. The predicted molar refractivity (Wildman–Crippen MR) is 209 cm³/mol. The number of carbonyl (C=O) groups is 5. The summed E-state index contributed by atoms with van der Waals surface area (Å²) in [6.07, 6.45) is 14.5. The number of carbonyl (C=O) groups excluding carboxylic acids is 5. The second-order valence-electron chi connectivity index (χ2n) is 14.0. The summed E-state index contributed by atoms with van der Waals surface area (Å²) in [7, 11) is 0. The number of primary amides is 3. The molecule has 13 nitrogen and oxygen atoms in total. The highest BCUT2D eigenvalue weighted by atomic mass is 16.2. The number of hydrogen-bond acceptors (Lipinski definition) is 6. The van der Waals surface area contributed by atoms with Crippen LogP contribution in [0.4, 0.5) is 5.69 Å². The highest BCUT2D eigenvalue weighted by Crippen LogP contribution is 2.28. The van der Waals surface area contributed by atoms with Crippen molar-refractivity contribution in [2.75, 3.05) is 0 Å². The van der Waals surface area contributed by atoms with Gasteiger partial charge in [-0.15, -0.1) is 0 Å². The van der Waals surface area contributed by atoms with Crippen LogP contribution in [0.2, 0.25) is 0 Å². The lowest BCUT2D eigenvalue weighted by Gasteiger charge is -2.38. The van der Waals surface area contributed by atoms with Gasteiger partial charge >= 0.3 is 0 Å².